The molecule has 0 saturated carbocycles. The van der Waals surface area contributed by atoms with Gasteiger partial charge in [-0.15, -0.1) is 0 Å². The van der Waals surface area contributed by atoms with Gasteiger partial charge in [0.2, 0.25) is 5.91 Å². The standard InChI is InChI=1S/C17H12N4O2S/c18-8-13-12(15-4-2-6-23-15)7-14(11-3-1-5-20-9-11)21-17(13)24-10-16(19)22/h1-7,9H,10H2,(H2,19,22). The SMILES string of the molecule is N#Cc1c(-c2ccco2)cc(-c2cccnc2)nc1SCC(N)=O. The van der Waals surface area contributed by atoms with Crippen LogP contribution in [-0.2, 0) is 4.79 Å². The summed E-state index contributed by atoms with van der Waals surface area (Å²) in [4.78, 5) is 19.7. The van der Waals surface area contributed by atoms with Gasteiger partial charge in [0.15, 0.2) is 0 Å². The van der Waals surface area contributed by atoms with Crippen molar-refractivity contribution in [1.82, 2.24) is 9.97 Å². The van der Waals surface area contributed by atoms with Crippen molar-refractivity contribution in [2.75, 3.05) is 5.75 Å². The third kappa shape index (κ3) is 3.29. The van der Waals surface area contributed by atoms with E-state index >= 15 is 0 Å². The number of amides is 1. The van der Waals surface area contributed by atoms with E-state index in [1.165, 1.54) is 6.26 Å². The molecule has 3 aromatic heterocycles. The molecule has 0 aliphatic heterocycles. The molecule has 3 rings (SSSR count). The normalized spacial score (nSPS) is 10.3. The first-order chi connectivity index (χ1) is 11.7. The van der Waals surface area contributed by atoms with E-state index in [-0.39, 0.29) is 5.75 Å². The molecule has 3 aromatic rings. The van der Waals surface area contributed by atoms with Crippen molar-refractivity contribution in [3.8, 4) is 28.7 Å². The first-order valence-electron chi connectivity index (χ1n) is 6.99. The Morgan fingerprint density at radius 2 is 2.25 bits per heavy atom. The molecule has 0 saturated heterocycles. The summed E-state index contributed by atoms with van der Waals surface area (Å²) in [6, 6.07) is 11.1. The third-order valence-electron chi connectivity index (χ3n) is 3.19. The summed E-state index contributed by atoms with van der Waals surface area (Å²) in [6.07, 6.45) is 4.89. The molecule has 118 valence electrons. The van der Waals surface area contributed by atoms with Gasteiger partial charge in [0.25, 0.3) is 0 Å². The van der Waals surface area contributed by atoms with Crippen LogP contribution in [0.4, 0.5) is 0 Å². The first kappa shape index (κ1) is 15.8. The number of furan rings is 1. The quantitative estimate of drug-likeness (QED) is 0.718. The fourth-order valence-corrected chi connectivity index (χ4v) is 2.90. The molecule has 0 radical (unpaired) electrons. The summed E-state index contributed by atoms with van der Waals surface area (Å²) in [5.41, 5.74) is 7.62. The number of pyridine rings is 2. The summed E-state index contributed by atoms with van der Waals surface area (Å²) < 4.78 is 5.44. The van der Waals surface area contributed by atoms with Crippen molar-refractivity contribution in [2.45, 2.75) is 5.03 Å². The highest BCUT2D eigenvalue weighted by molar-refractivity contribution is 8.00. The summed E-state index contributed by atoms with van der Waals surface area (Å²) >= 11 is 1.13. The molecule has 0 aliphatic carbocycles. The predicted molar refractivity (Wildman–Crippen MR) is 89.8 cm³/mol. The van der Waals surface area contributed by atoms with Gasteiger partial charge in [-0.05, 0) is 30.3 Å². The molecule has 0 unspecified atom stereocenters. The van der Waals surface area contributed by atoms with Crippen LogP contribution in [0.1, 0.15) is 5.56 Å². The lowest BCUT2D eigenvalue weighted by Gasteiger charge is -2.10. The number of hydrogen-bond donors (Lipinski definition) is 1. The van der Waals surface area contributed by atoms with Crippen molar-refractivity contribution in [3.63, 3.8) is 0 Å². The monoisotopic (exact) mass is 336 g/mol. The number of aromatic nitrogens is 2. The van der Waals surface area contributed by atoms with Gasteiger partial charge in [-0.3, -0.25) is 9.78 Å². The number of carbonyl (C=O) groups excluding carboxylic acids is 1. The largest absolute Gasteiger partial charge is 0.464 e. The van der Waals surface area contributed by atoms with Gasteiger partial charge in [0.1, 0.15) is 16.9 Å². The smallest absolute Gasteiger partial charge is 0.227 e. The van der Waals surface area contributed by atoms with E-state index in [9.17, 15) is 10.1 Å². The molecule has 0 bridgehead atoms. The fraction of sp³-hybridized carbons (Fsp3) is 0.0588. The zero-order chi connectivity index (χ0) is 16.9. The zero-order valence-corrected chi connectivity index (χ0v) is 13.3. The Hall–Kier alpha value is -3.11. The van der Waals surface area contributed by atoms with Gasteiger partial charge in [-0.1, -0.05) is 11.8 Å². The number of rotatable bonds is 5. The van der Waals surface area contributed by atoms with Gasteiger partial charge in [0.05, 0.1) is 23.3 Å². The lowest BCUT2D eigenvalue weighted by atomic mass is 10.0. The number of nitrogens with two attached hydrogens (primary N) is 1. The van der Waals surface area contributed by atoms with Crippen molar-refractivity contribution >= 4 is 17.7 Å². The molecule has 0 aliphatic rings. The van der Waals surface area contributed by atoms with Crippen molar-refractivity contribution in [3.05, 3.63) is 54.6 Å². The second kappa shape index (κ2) is 6.98. The maximum Gasteiger partial charge on any atom is 0.227 e. The predicted octanol–water partition coefficient (Wildman–Crippen LogP) is 2.85. The van der Waals surface area contributed by atoms with Crippen LogP contribution in [-0.4, -0.2) is 21.6 Å². The first-order valence-corrected chi connectivity index (χ1v) is 7.98. The van der Waals surface area contributed by atoms with E-state index in [4.69, 9.17) is 10.2 Å². The number of carbonyl (C=O) groups is 1. The lowest BCUT2D eigenvalue weighted by Crippen LogP contribution is -2.13. The molecular weight excluding hydrogens is 324 g/mol. The third-order valence-corrected chi connectivity index (χ3v) is 4.19. The maximum absolute atomic E-state index is 11.1. The average Bonchev–Trinajstić information content (AvgIpc) is 3.14. The number of nitriles is 1. The van der Waals surface area contributed by atoms with E-state index in [1.54, 1.807) is 36.7 Å². The van der Waals surface area contributed by atoms with Gasteiger partial charge in [-0.25, -0.2) is 4.98 Å². The van der Waals surface area contributed by atoms with Crippen LogP contribution in [0, 0.1) is 11.3 Å². The van der Waals surface area contributed by atoms with E-state index < -0.39 is 5.91 Å². The van der Waals surface area contributed by atoms with Crippen LogP contribution < -0.4 is 5.73 Å². The second-order valence-corrected chi connectivity index (χ2v) is 5.79. The Morgan fingerprint density at radius 3 is 2.88 bits per heavy atom. The number of thioether (sulfide) groups is 1. The van der Waals surface area contributed by atoms with E-state index in [0.29, 0.717) is 27.6 Å². The molecule has 0 aromatic carbocycles. The van der Waals surface area contributed by atoms with Crippen molar-refractivity contribution in [1.29, 1.82) is 5.26 Å². The minimum atomic E-state index is -0.475. The Balaban J connectivity index is 2.18. The fourth-order valence-electron chi connectivity index (χ4n) is 2.16. The van der Waals surface area contributed by atoms with Crippen LogP contribution in [0.2, 0.25) is 0 Å². The van der Waals surface area contributed by atoms with Crippen molar-refractivity contribution in [2.24, 2.45) is 5.73 Å². The Bertz CT molecular complexity index is 902. The van der Waals surface area contributed by atoms with Crippen LogP contribution >= 0.6 is 11.8 Å². The number of primary amides is 1. The molecule has 24 heavy (non-hydrogen) atoms. The highest BCUT2D eigenvalue weighted by Gasteiger charge is 2.17. The van der Waals surface area contributed by atoms with Crippen LogP contribution in [0.15, 0.2) is 58.4 Å². The molecule has 0 fully saturated rings. The maximum atomic E-state index is 11.1. The van der Waals surface area contributed by atoms with Gasteiger partial charge in [0, 0.05) is 23.5 Å². The Kier molecular flexibility index (Phi) is 4.59. The summed E-state index contributed by atoms with van der Waals surface area (Å²) in [5, 5.41) is 9.99. The van der Waals surface area contributed by atoms with Gasteiger partial charge < -0.3 is 10.2 Å². The topological polar surface area (TPSA) is 106 Å². The minimum absolute atomic E-state index is 0.0375. The zero-order valence-electron chi connectivity index (χ0n) is 12.5. The number of nitrogens with zero attached hydrogens (tertiary/aromatic N) is 3. The van der Waals surface area contributed by atoms with E-state index in [2.05, 4.69) is 16.0 Å². The van der Waals surface area contributed by atoms with Crippen molar-refractivity contribution < 1.29 is 9.21 Å². The highest BCUT2D eigenvalue weighted by atomic mass is 32.2. The highest BCUT2D eigenvalue weighted by Crippen LogP contribution is 2.34. The lowest BCUT2D eigenvalue weighted by molar-refractivity contribution is -0.115. The van der Waals surface area contributed by atoms with Crippen LogP contribution in [0.3, 0.4) is 0 Å². The Labute approximate surface area is 142 Å². The molecular formula is C17H12N4O2S. The summed E-state index contributed by atoms with van der Waals surface area (Å²) in [6.45, 7) is 0. The summed E-state index contributed by atoms with van der Waals surface area (Å²) in [5.74, 6) is 0.118. The minimum Gasteiger partial charge on any atom is -0.464 e. The molecule has 6 nitrogen and oxygen atoms in total. The summed E-state index contributed by atoms with van der Waals surface area (Å²) in [7, 11) is 0. The second-order valence-electron chi connectivity index (χ2n) is 4.82. The molecule has 2 N–H and O–H groups in total. The molecule has 0 spiro atoms. The van der Waals surface area contributed by atoms with Crippen LogP contribution in [0.5, 0.6) is 0 Å². The molecule has 1 amide bonds. The van der Waals surface area contributed by atoms with Gasteiger partial charge >= 0.3 is 0 Å². The Morgan fingerprint density at radius 1 is 1.38 bits per heavy atom. The number of hydrogen-bond acceptors (Lipinski definition) is 6. The van der Waals surface area contributed by atoms with E-state index in [1.807, 2.05) is 6.07 Å². The molecule has 3 heterocycles. The van der Waals surface area contributed by atoms with E-state index in [0.717, 1.165) is 17.3 Å². The van der Waals surface area contributed by atoms with Gasteiger partial charge in [-0.2, -0.15) is 5.26 Å². The molecule has 7 heteroatoms. The average molecular weight is 336 g/mol. The molecule has 0 atom stereocenters. The van der Waals surface area contributed by atoms with Crippen LogP contribution in [0.25, 0.3) is 22.6 Å².